The summed E-state index contributed by atoms with van der Waals surface area (Å²) in [4.78, 5) is 12.3. The number of hydrogen-bond acceptors (Lipinski definition) is 1. The Morgan fingerprint density at radius 2 is 1.83 bits per heavy atom. The van der Waals surface area contributed by atoms with Gasteiger partial charge in [0.15, 0.2) is 5.78 Å². The summed E-state index contributed by atoms with van der Waals surface area (Å²) in [5, 5.41) is 0. The van der Waals surface area contributed by atoms with Crippen LogP contribution in [0, 0.1) is 5.92 Å². The summed E-state index contributed by atoms with van der Waals surface area (Å²) in [5.41, 5.74) is 3.52. The van der Waals surface area contributed by atoms with Crippen molar-refractivity contribution >= 4 is 5.78 Å². The average Bonchev–Trinajstić information content (AvgIpc) is 3.11. The summed E-state index contributed by atoms with van der Waals surface area (Å²) < 4.78 is 0. The van der Waals surface area contributed by atoms with E-state index >= 15 is 0 Å². The van der Waals surface area contributed by atoms with E-state index in [1.54, 1.807) is 0 Å². The monoisotopic (exact) mass is 244 g/mol. The van der Waals surface area contributed by atoms with Crippen LogP contribution in [0.1, 0.15) is 80.3 Å². The molecule has 0 radical (unpaired) electrons. The molecule has 1 saturated carbocycles. The van der Waals surface area contributed by atoms with E-state index in [0.717, 1.165) is 12.0 Å². The van der Waals surface area contributed by atoms with Gasteiger partial charge >= 0.3 is 0 Å². The Balaban J connectivity index is 2.30. The first-order chi connectivity index (χ1) is 8.49. The molecule has 0 amide bonds. The van der Waals surface area contributed by atoms with Crippen LogP contribution in [0.5, 0.6) is 0 Å². The zero-order chi connectivity index (χ0) is 13.3. The fraction of sp³-hybridized carbons (Fsp3) is 0.588. The largest absolute Gasteiger partial charge is 0.294 e. The number of Topliss-reactive ketones (excluding diaryl/α,β-unsaturated/α-hetero) is 1. The molecule has 1 nitrogen and oxygen atoms in total. The van der Waals surface area contributed by atoms with E-state index < -0.39 is 0 Å². The highest BCUT2D eigenvalue weighted by Crippen LogP contribution is 2.35. The van der Waals surface area contributed by atoms with Crippen molar-refractivity contribution in [3.8, 4) is 0 Å². The average molecular weight is 244 g/mol. The molecule has 1 heteroatoms. The molecule has 0 bridgehead atoms. The van der Waals surface area contributed by atoms with E-state index in [-0.39, 0.29) is 0 Å². The van der Waals surface area contributed by atoms with Gasteiger partial charge in [0.05, 0.1) is 0 Å². The van der Waals surface area contributed by atoms with Gasteiger partial charge in [0, 0.05) is 12.0 Å². The molecule has 2 rings (SSSR count). The van der Waals surface area contributed by atoms with E-state index in [1.165, 1.54) is 24.0 Å². The van der Waals surface area contributed by atoms with Gasteiger partial charge in [-0.3, -0.25) is 4.79 Å². The number of hydrogen-bond donors (Lipinski definition) is 0. The van der Waals surface area contributed by atoms with E-state index in [9.17, 15) is 4.79 Å². The van der Waals surface area contributed by atoms with Crippen LogP contribution in [0.25, 0.3) is 0 Å². The molecule has 98 valence electrons. The zero-order valence-electron chi connectivity index (χ0n) is 12.0. The van der Waals surface area contributed by atoms with Crippen molar-refractivity contribution in [2.75, 3.05) is 0 Å². The minimum atomic E-state index is 0.344. The van der Waals surface area contributed by atoms with Gasteiger partial charge in [0.2, 0.25) is 0 Å². The van der Waals surface area contributed by atoms with Crippen LogP contribution in [-0.2, 0) is 0 Å². The Bertz CT molecular complexity index is 439. The quantitative estimate of drug-likeness (QED) is 0.672. The number of rotatable bonds is 5. The lowest BCUT2D eigenvalue weighted by molar-refractivity contribution is 0.0975. The molecule has 18 heavy (non-hydrogen) atoms. The van der Waals surface area contributed by atoms with Crippen LogP contribution in [0.3, 0.4) is 0 Å². The summed E-state index contributed by atoms with van der Waals surface area (Å²) in [5.74, 6) is 1.95. The fourth-order valence-electron chi connectivity index (χ4n) is 2.37. The van der Waals surface area contributed by atoms with Crippen molar-refractivity contribution in [2.45, 2.75) is 58.8 Å². The fourth-order valence-corrected chi connectivity index (χ4v) is 2.37. The smallest absolute Gasteiger partial charge is 0.163 e. The molecule has 0 atom stereocenters. The maximum absolute atomic E-state index is 12.3. The molecule has 1 aliphatic carbocycles. The second-order valence-electron chi connectivity index (χ2n) is 6.23. The third kappa shape index (κ3) is 3.01. The topological polar surface area (TPSA) is 17.1 Å². The number of benzene rings is 1. The van der Waals surface area contributed by atoms with Crippen LogP contribution in [-0.4, -0.2) is 5.78 Å². The van der Waals surface area contributed by atoms with E-state index in [4.69, 9.17) is 0 Å². The molecule has 1 aromatic carbocycles. The highest BCUT2D eigenvalue weighted by atomic mass is 16.1. The second-order valence-corrected chi connectivity index (χ2v) is 6.23. The lowest BCUT2D eigenvalue weighted by atomic mass is 9.89. The molecule has 0 N–H and O–H groups in total. The normalized spacial score (nSPS) is 15.4. The maximum Gasteiger partial charge on any atom is 0.163 e. The molecule has 0 aliphatic heterocycles. The highest BCUT2D eigenvalue weighted by molar-refractivity contribution is 5.98. The molecule has 1 aromatic rings. The minimum Gasteiger partial charge on any atom is -0.294 e. The van der Waals surface area contributed by atoms with Crippen LogP contribution < -0.4 is 0 Å². The number of carbonyl (C=O) groups excluding carboxylic acids is 1. The number of ketones is 1. The maximum atomic E-state index is 12.3. The lowest BCUT2D eigenvalue weighted by Crippen LogP contribution is -2.07. The van der Waals surface area contributed by atoms with Gasteiger partial charge in [-0.2, -0.15) is 0 Å². The summed E-state index contributed by atoms with van der Waals surface area (Å²) >= 11 is 0. The van der Waals surface area contributed by atoms with Crippen molar-refractivity contribution in [3.63, 3.8) is 0 Å². The van der Waals surface area contributed by atoms with Crippen LogP contribution in [0.2, 0.25) is 0 Å². The van der Waals surface area contributed by atoms with Gasteiger partial charge < -0.3 is 0 Å². The predicted molar refractivity (Wildman–Crippen MR) is 76.3 cm³/mol. The summed E-state index contributed by atoms with van der Waals surface area (Å²) in [6.45, 7) is 8.75. The Morgan fingerprint density at radius 1 is 1.17 bits per heavy atom. The van der Waals surface area contributed by atoms with Crippen molar-refractivity contribution < 1.29 is 4.79 Å². The third-order valence-electron chi connectivity index (χ3n) is 3.84. The van der Waals surface area contributed by atoms with Gasteiger partial charge in [0.1, 0.15) is 0 Å². The first-order valence-electron chi connectivity index (χ1n) is 7.16. The van der Waals surface area contributed by atoms with Crippen LogP contribution in [0.15, 0.2) is 18.2 Å². The lowest BCUT2D eigenvalue weighted by Gasteiger charge is -2.15. The Hall–Kier alpha value is -1.11. The summed E-state index contributed by atoms with van der Waals surface area (Å²) in [6.07, 6.45) is 3.24. The van der Waals surface area contributed by atoms with Crippen molar-refractivity contribution in [1.29, 1.82) is 0 Å². The zero-order valence-corrected chi connectivity index (χ0v) is 12.0. The molecule has 0 spiro atoms. The van der Waals surface area contributed by atoms with Crippen molar-refractivity contribution in [1.82, 2.24) is 0 Å². The Morgan fingerprint density at radius 3 is 2.33 bits per heavy atom. The molecule has 1 fully saturated rings. The molecule has 0 unspecified atom stereocenters. The molecule has 0 aromatic heterocycles. The van der Waals surface area contributed by atoms with Gasteiger partial charge in [-0.25, -0.2) is 0 Å². The third-order valence-corrected chi connectivity index (χ3v) is 3.84. The van der Waals surface area contributed by atoms with Crippen LogP contribution >= 0.6 is 0 Å². The minimum absolute atomic E-state index is 0.344. The van der Waals surface area contributed by atoms with Crippen molar-refractivity contribution in [2.24, 2.45) is 5.92 Å². The molecule has 0 saturated heterocycles. The highest BCUT2D eigenvalue weighted by Gasteiger charge is 2.26. The predicted octanol–water partition coefficient (Wildman–Crippen LogP) is 4.92. The number of carbonyl (C=O) groups is 1. The van der Waals surface area contributed by atoms with Gasteiger partial charge in [-0.1, -0.05) is 45.9 Å². The molecule has 1 aliphatic rings. The molecule has 0 heterocycles. The van der Waals surface area contributed by atoms with Crippen molar-refractivity contribution in [3.05, 3.63) is 34.9 Å². The van der Waals surface area contributed by atoms with E-state index in [2.05, 4.69) is 45.9 Å². The van der Waals surface area contributed by atoms with E-state index in [0.29, 0.717) is 23.5 Å². The van der Waals surface area contributed by atoms with E-state index in [1.807, 2.05) is 0 Å². The standard InChI is InChI=1S/C17H24O/c1-11(2)14-7-8-15(16(10-14)12(3)4)17(18)9-13-5-6-13/h7-8,10-13H,5-6,9H2,1-4H3. The first-order valence-corrected chi connectivity index (χ1v) is 7.16. The Labute approximate surface area is 111 Å². The summed E-state index contributed by atoms with van der Waals surface area (Å²) in [6, 6.07) is 6.40. The second kappa shape index (κ2) is 5.26. The van der Waals surface area contributed by atoms with Crippen LogP contribution in [0.4, 0.5) is 0 Å². The molecular formula is C17H24O. The van der Waals surface area contributed by atoms with Gasteiger partial charge in [-0.15, -0.1) is 0 Å². The Kier molecular flexibility index (Phi) is 3.89. The van der Waals surface area contributed by atoms with Gasteiger partial charge in [0.25, 0.3) is 0 Å². The molecular weight excluding hydrogens is 220 g/mol. The SMILES string of the molecule is CC(C)c1ccc(C(=O)CC2CC2)c(C(C)C)c1. The van der Waals surface area contributed by atoms with Gasteiger partial charge in [-0.05, 0) is 41.7 Å². The first kappa shape index (κ1) is 13.3. The summed E-state index contributed by atoms with van der Waals surface area (Å²) in [7, 11) is 0.